The second kappa shape index (κ2) is 4.84. The van der Waals surface area contributed by atoms with Gasteiger partial charge in [-0.25, -0.2) is 4.79 Å². The number of hydrogen-bond donors (Lipinski definition) is 1. The molecule has 0 atom stereocenters. The molecule has 1 aromatic rings. The molecule has 0 bridgehead atoms. The van der Waals surface area contributed by atoms with E-state index in [0.29, 0.717) is 17.2 Å². The summed E-state index contributed by atoms with van der Waals surface area (Å²) in [6, 6.07) is 3.38. The van der Waals surface area contributed by atoms with Gasteiger partial charge in [0, 0.05) is 3.57 Å². The van der Waals surface area contributed by atoms with E-state index >= 15 is 0 Å². The second-order valence-corrected chi connectivity index (χ2v) is 4.11. The molecule has 0 aliphatic rings. The summed E-state index contributed by atoms with van der Waals surface area (Å²) in [5, 5.41) is 0.369. The van der Waals surface area contributed by atoms with Crippen LogP contribution in [-0.4, -0.2) is 12.6 Å². The molecule has 0 heterocycles. The standard InChI is InChI=1S/C9H9ClINO2/c1-2-14-9(13)7-6(11)4-3-5(10)8(7)12/h3-4H,2,12H2,1H3. The van der Waals surface area contributed by atoms with Crippen LogP contribution < -0.4 is 5.73 Å². The van der Waals surface area contributed by atoms with Crippen molar-refractivity contribution in [2.24, 2.45) is 0 Å². The molecule has 0 amide bonds. The van der Waals surface area contributed by atoms with Crippen LogP contribution in [-0.2, 0) is 4.74 Å². The molecule has 1 aromatic carbocycles. The van der Waals surface area contributed by atoms with E-state index in [1.807, 2.05) is 22.6 Å². The minimum absolute atomic E-state index is 0.275. The minimum atomic E-state index is -0.433. The highest BCUT2D eigenvalue weighted by Gasteiger charge is 2.16. The molecule has 5 heteroatoms. The third-order valence-corrected chi connectivity index (χ3v) is 2.85. The molecule has 0 aliphatic carbocycles. The normalized spacial score (nSPS) is 9.93. The Morgan fingerprint density at radius 2 is 2.29 bits per heavy atom. The molecule has 0 saturated carbocycles. The maximum Gasteiger partial charge on any atom is 0.341 e. The molecular weight excluding hydrogens is 316 g/mol. The van der Waals surface area contributed by atoms with E-state index in [1.54, 1.807) is 19.1 Å². The number of esters is 1. The van der Waals surface area contributed by atoms with Crippen LogP contribution >= 0.6 is 34.2 Å². The number of nitrogens with two attached hydrogens (primary N) is 1. The summed E-state index contributed by atoms with van der Waals surface area (Å²) in [5.41, 5.74) is 6.30. The summed E-state index contributed by atoms with van der Waals surface area (Å²) in [7, 11) is 0. The lowest BCUT2D eigenvalue weighted by atomic mass is 10.2. The number of benzene rings is 1. The summed E-state index contributed by atoms with van der Waals surface area (Å²) in [6.07, 6.45) is 0. The van der Waals surface area contributed by atoms with E-state index in [-0.39, 0.29) is 5.69 Å². The van der Waals surface area contributed by atoms with Crippen molar-refractivity contribution in [3.05, 3.63) is 26.3 Å². The van der Waals surface area contributed by atoms with Gasteiger partial charge in [-0.1, -0.05) is 11.6 Å². The van der Waals surface area contributed by atoms with Crippen molar-refractivity contribution in [1.82, 2.24) is 0 Å². The first-order valence-electron chi connectivity index (χ1n) is 3.98. The third kappa shape index (κ3) is 2.30. The van der Waals surface area contributed by atoms with Crippen LogP contribution in [0.25, 0.3) is 0 Å². The minimum Gasteiger partial charge on any atom is -0.462 e. The molecule has 0 fully saturated rings. The average Bonchev–Trinajstić information content (AvgIpc) is 2.13. The second-order valence-electron chi connectivity index (χ2n) is 2.54. The first kappa shape index (κ1) is 11.6. The first-order chi connectivity index (χ1) is 6.57. The highest BCUT2D eigenvalue weighted by molar-refractivity contribution is 14.1. The molecular formula is C9H9ClINO2. The van der Waals surface area contributed by atoms with Gasteiger partial charge in [0.15, 0.2) is 0 Å². The summed E-state index contributed by atoms with van der Waals surface area (Å²) < 4.78 is 5.60. The molecule has 0 radical (unpaired) electrons. The topological polar surface area (TPSA) is 52.3 Å². The van der Waals surface area contributed by atoms with Crippen molar-refractivity contribution in [1.29, 1.82) is 0 Å². The zero-order valence-corrected chi connectivity index (χ0v) is 10.4. The lowest BCUT2D eigenvalue weighted by Crippen LogP contribution is -2.10. The predicted octanol–water partition coefficient (Wildman–Crippen LogP) is 2.70. The summed E-state index contributed by atoms with van der Waals surface area (Å²) in [6.45, 7) is 2.06. The largest absolute Gasteiger partial charge is 0.462 e. The van der Waals surface area contributed by atoms with Crippen molar-refractivity contribution in [2.45, 2.75) is 6.92 Å². The summed E-state index contributed by atoms with van der Waals surface area (Å²) >= 11 is 7.81. The van der Waals surface area contributed by atoms with E-state index in [4.69, 9.17) is 22.1 Å². The number of carbonyl (C=O) groups is 1. The fourth-order valence-electron chi connectivity index (χ4n) is 0.978. The van der Waals surface area contributed by atoms with Crippen LogP contribution in [0.15, 0.2) is 12.1 Å². The number of nitrogen functional groups attached to an aromatic ring is 1. The molecule has 0 aliphatic heterocycles. The van der Waals surface area contributed by atoms with Gasteiger partial charge in [0.2, 0.25) is 0 Å². The Hall–Kier alpha value is -0.490. The molecule has 0 unspecified atom stereocenters. The highest BCUT2D eigenvalue weighted by atomic mass is 127. The predicted molar refractivity (Wildman–Crippen MR) is 64.5 cm³/mol. The van der Waals surface area contributed by atoms with Crippen LogP contribution in [0.5, 0.6) is 0 Å². The lowest BCUT2D eigenvalue weighted by molar-refractivity contribution is 0.0526. The van der Waals surface area contributed by atoms with Gasteiger partial charge in [0.1, 0.15) is 0 Å². The fraction of sp³-hybridized carbons (Fsp3) is 0.222. The number of carbonyl (C=O) groups excluding carboxylic acids is 1. The van der Waals surface area contributed by atoms with Crippen LogP contribution in [0, 0.1) is 3.57 Å². The van der Waals surface area contributed by atoms with Crippen molar-refractivity contribution < 1.29 is 9.53 Å². The fourth-order valence-corrected chi connectivity index (χ4v) is 1.83. The number of rotatable bonds is 2. The van der Waals surface area contributed by atoms with E-state index in [2.05, 4.69) is 0 Å². The van der Waals surface area contributed by atoms with E-state index in [1.165, 1.54) is 0 Å². The van der Waals surface area contributed by atoms with Gasteiger partial charge < -0.3 is 10.5 Å². The smallest absolute Gasteiger partial charge is 0.341 e. The lowest BCUT2D eigenvalue weighted by Gasteiger charge is -2.08. The van der Waals surface area contributed by atoms with Gasteiger partial charge in [-0.3, -0.25) is 0 Å². The van der Waals surface area contributed by atoms with Crippen molar-refractivity contribution >= 4 is 45.8 Å². The van der Waals surface area contributed by atoms with Gasteiger partial charge in [0.05, 0.1) is 22.9 Å². The maximum atomic E-state index is 11.5. The highest BCUT2D eigenvalue weighted by Crippen LogP contribution is 2.27. The van der Waals surface area contributed by atoms with Crippen LogP contribution in [0.2, 0.25) is 5.02 Å². The molecule has 0 spiro atoms. The monoisotopic (exact) mass is 325 g/mol. The van der Waals surface area contributed by atoms with Crippen LogP contribution in [0.1, 0.15) is 17.3 Å². The number of ether oxygens (including phenoxy) is 1. The number of anilines is 1. The Balaban J connectivity index is 3.18. The summed E-state index contributed by atoms with van der Waals surface area (Å²) in [4.78, 5) is 11.5. The Labute approximate surface area is 101 Å². The van der Waals surface area contributed by atoms with E-state index in [0.717, 1.165) is 3.57 Å². The summed E-state index contributed by atoms with van der Waals surface area (Å²) in [5.74, 6) is -0.433. The third-order valence-electron chi connectivity index (χ3n) is 1.62. The van der Waals surface area contributed by atoms with E-state index < -0.39 is 5.97 Å². The number of halogens is 2. The zero-order valence-electron chi connectivity index (χ0n) is 7.51. The molecule has 1 rings (SSSR count). The van der Waals surface area contributed by atoms with Gasteiger partial charge in [0.25, 0.3) is 0 Å². The Morgan fingerprint density at radius 1 is 1.64 bits per heavy atom. The quantitative estimate of drug-likeness (QED) is 0.517. The van der Waals surface area contributed by atoms with Gasteiger partial charge in [-0.15, -0.1) is 0 Å². The van der Waals surface area contributed by atoms with E-state index in [9.17, 15) is 4.79 Å². The molecule has 3 nitrogen and oxygen atoms in total. The Kier molecular flexibility index (Phi) is 4.00. The van der Waals surface area contributed by atoms with Crippen LogP contribution in [0.4, 0.5) is 5.69 Å². The van der Waals surface area contributed by atoms with Gasteiger partial charge in [-0.2, -0.15) is 0 Å². The van der Waals surface area contributed by atoms with Gasteiger partial charge >= 0.3 is 5.97 Å². The Bertz CT molecular complexity index is 368. The van der Waals surface area contributed by atoms with Gasteiger partial charge in [-0.05, 0) is 41.6 Å². The average molecular weight is 326 g/mol. The zero-order chi connectivity index (χ0) is 10.7. The molecule has 76 valence electrons. The molecule has 2 N–H and O–H groups in total. The van der Waals surface area contributed by atoms with Crippen LogP contribution in [0.3, 0.4) is 0 Å². The SMILES string of the molecule is CCOC(=O)c1c(I)ccc(Cl)c1N. The number of hydrogen-bond acceptors (Lipinski definition) is 3. The molecule has 0 aromatic heterocycles. The van der Waals surface area contributed by atoms with Crippen molar-refractivity contribution in [3.8, 4) is 0 Å². The first-order valence-corrected chi connectivity index (χ1v) is 5.44. The van der Waals surface area contributed by atoms with Crippen molar-refractivity contribution in [3.63, 3.8) is 0 Å². The van der Waals surface area contributed by atoms with Crippen molar-refractivity contribution in [2.75, 3.05) is 12.3 Å². The maximum absolute atomic E-state index is 11.5. The molecule has 0 saturated heterocycles. The molecule has 14 heavy (non-hydrogen) atoms. The Morgan fingerprint density at radius 3 is 2.86 bits per heavy atom.